The second-order valence-corrected chi connectivity index (χ2v) is 12.3. The normalized spacial score (nSPS) is 14.9. The van der Waals surface area contributed by atoms with Crippen LogP contribution in [0, 0.1) is 0 Å². The number of amides is 2. The van der Waals surface area contributed by atoms with Gasteiger partial charge in [0.15, 0.2) is 0 Å². The Morgan fingerprint density at radius 3 is 1.61 bits per heavy atom. The van der Waals surface area contributed by atoms with Crippen LogP contribution in [0.3, 0.4) is 0 Å². The van der Waals surface area contributed by atoms with Crippen LogP contribution >= 0.6 is 0 Å². The number of nitrogens with one attached hydrogen (secondary N) is 3. The van der Waals surface area contributed by atoms with Gasteiger partial charge in [0.25, 0.3) is 0 Å². The van der Waals surface area contributed by atoms with Crippen LogP contribution in [-0.2, 0) is 28.7 Å². The Bertz CT molecular complexity index is 1080. The Morgan fingerprint density at radius 2 is 1.15 bits per heavy atom. The van der Waals surface area contributed by atoms with E-state index in [1.165, 1.54) is 0 Å². The topological polar surface area (TPSA) is 129 Å². The fourth-order valence-corrected chi connectivity index (χ4v) is 4.35. The monoisotopic (exact) mass is 571 g/mol. The maximum Gasteiger partial charge on any atom is 0.407 e. The molecule has 0 aromatic heterocycles. The number of benzene rings is 2. The summed E-state index contributed by atoms with van der Waals surface area (Å²) in [5, 5.41) is 30.9. The Morgan fingerprint density at radius 1 is 0.707 bits per heavy atom. The van der Waals surface area contributed by atoms with Gasteiger partial charge in [0, 0.05) is 13.1 Å². The fourth-order valence-electron chi connectivity index (χ4n) is 4.35. The molecule has 9 heteroatoms. The SMILES string of the molecule is CCc1ccccc1C[C@H](NC(=O)OC(C)(C)C)[C@H](O)CNC[C@@H](O)[C@H](Cc1ccccc1)NC(=O)OC(C)(C)C. The second-order valence-electron chi connectivity index (χ2n) is 12.3. The molecule has 0 saturated carbocycles. The fraction of sp³-hybridized carbons (Fsp3) is 0.562. The first-order valence-corrected chi connectivity index (χ1v) is 14.3. The largest absolute Gasteiger partial charge is 0.444 e. The summed E-state index contributed by atoms with van der Waals surface area (Å²) in [6.07, 6.45) is -1.57. The lowest BCUT2D eigenvalue weighted by molar-refractivity contribution is 0.0399. The van der Waals surface area contributed by atoms with Crippen molar-refractivity contribution in [2.45, 2.75) is 103 Å². The molecule has 2 aromatic carbocycles. The number of aryl methyl sites for hydroxylation is 1. The maximum absolute atomic E-state index is 12.6. The third-order valence-electron chi connectivity index (χ3n) is 6.28. The van der Waals surface area contributed by atoms with Crippen molar-refractivity contribution < 1.29 is 29.3 Å². The van der Waals surface area contributed by atoms with Crippen molar-refractivity contribution in [3.05, 3.63) is 71.3 Å². The molecule has 0 bridgehead atoms. The summed E-state index contributed by atoms with van der Waals surface area (Å²) < 4.78 is 10.8. The molecule has 0 saturated heterocycles. The van der Waals surface area contributed by atoms with E-state index in [0.717, 1.165) is 23.1 Å². The van der Waals surface area contributed by atoms with E-state index in [-0.39, 0.29) is 13.1 Å². The van der Waals surface area contributed by atoms with Gasteiger partial charge >= 0.3 is 12.2 Å². The number of hydrogen-bond acceptors (Lipinski definition) is 7. The molecule has 0 fully saturated rings. The molecule has 0 radical (unpaired) electrons. The van der Waals surface area contributed by atoms with Crippen molar-refractivity contribution in [1.82, 2.24) is 16.0 Å². The van der Waals surface area contributed by atoms with Gasteiger partial charge in [-0.3, -0.25) is 0 Å². The van der Waals surface area contributed by atoms with E-state index in [1.54, 1.807) is 41.5 Å². The molecule has 0 aliphatic heterocycles. The lowest BCUT2D eigenvalue weighted by Crippen LogP contribution is -2.53. The van der Waals surface area contributed by atoms with Crippen LogP contribution in [0.2, 0.25) is 0 Å². The van der Waals surface area contributed by atoms with Gasteiger partial charge in [0.2, 0.25) is 0 Å². The third kappa shape index (κ3) is 13.4. The molecule has 5 N–H and O–H groups in total. The lowest BCUT2D eigenvalue weighted by Gasteiger charge is -2.29. The number of carbonyl (C=O) groups excluding carboxylic acids is 2. The van der Waals surface area contributed by atoms with Crippen molar-refractivity contribution in [3.63, 3.8) is 0 Å². The molecule has 4 atom stereocenters. The molecule has 0 unspecified atom stereocenters. The van der Waals surface area contributed by atoms with Crippen LogP contribution in [0.15, 0.2) is 54.6 Å². The van der Waals surface area contributed by atoms with Crippen molar-refractivity contribution in [2.24, 2.45) is 0 Å². The summed E-state index contributed by atoms with van der Waals surface area (Å²) >= 11 is 0. The zero-order chi connectivity index (χ0) is 30.6. The van der Waals surface area contributed by atoms with Gasteiger partial charge in [-0.05, 0) is 77.5 Å². The summed E-state index contributed by atoms with van der Waals surface area (Å²) in [5.74, 6) is 0. The Labute approximate surface area is 245 Å². The van der Waals surface area contributed by atoms with Crippen molar-refractivity contribution in [1.29, 1.82) is 0 Å². The highest BCUT2D eigenvalue weighted by Gasteiger charge is 2.28. The van der Waals surface area contributed by atoms with Crippen LogP contribution in [-0.4, -0.2) is 71.0 Å². The maximum atomic E-state index is 12.6. The minimum Gasteiger partial charge on any atom is -0.444 e. The first-order valence-electron chi connectivity index (χ1n) is 14.3. The molecular formula is C32H49N3O6. The summed E-state index contributed by atoms with van der Waals surface area (Å²) in [7, 11) is 0. The molecule has 0 heterocycles. The lowest BCUT2D eigenvalue weighted by atomic mass is 9.96. The summed E-state index contributed by atoms with van der Waals surface area (Å²) in [4.78, 5) is 25.1. The zero-order valence-corrected chi connectivity index (χ0v) is 25.6. The van der Waals surface area contributed by atoms with E-state index in [1.807, 2.05) is 54.6 Å². The predicted molar refractivity (Wildman–Crippen MR) is 161 cm³/mol. The predicted octanol–water partition coefficient (Wildman–Crippen LogP) is 4.13. The smallest absolute Gasteiger partial charge is 0.407 e. The highest BCUT2D eigenvalue weighted by atomic mass is 16.6. The zero-order valence-electron chi connectivity index (χ0n) is 25.6. The summed E-state index contributed by atoms with van der Waals surface area (Å²) in [6.45, 7) is 12.9. The van der Waals surface area contributed by atoms with E-state index in [4.69, 9.17) is 9.47 Å². The van der Waals surface area contributed by atoms with Crippen LogP contribution in [0.1, 0.15) is 65.2 Å². The third-order valence-corrected chi connectivity index (χ3v) is 6.28. The number of ether oxygens (including phenoxy) is 2. The first-order chi connectivity index (χ1) is 19.2. The van der Waals surface area contributed by atoms with Gasteiger partial charge in [-0.2, -0.15) is 0 Å². The molecule has 9 nitrogen and oxygen atoms in total. The van der Waals surface area contributed by atoms with E-state index < -0.39 is 47.7 Å². The van der Waals surface area contributed by atoms with Crippen LogP contribution < -0.4 is 16.0 Å². The van der Waals surface area contributed by atoms with Crippen LogP contribution in [0.25, 0.3) is 0 Å². The number of carbonyl (C=O) groups is 2. The number of alkyl carbamates (subject to hydrolysis) is 2. The molecule has 0 aliphatic carbocycles. The molecule has 228 valence electrons. The summed E-state index contributed by atoms with van der Waals surface area (Å²) in [6, 6.07) is 16.2. The Balaban J connectivity index is 2.09. The highest BCUT2D eigenvalue weighted by Crippen LogP contribution is 2.15. The van der Waals surface area contributed by atoms with Crippen molar-refractivity contribution >= 4 is 12.2 Å². The van der Waals surface area contributed by atoms with Crippen LogP contribution in [0.5, 0.6) is 0 Å². The van der Waals surface area contributed by atoms with Crippen molar-refractivity contribution in [3.8, 4) is 0 Å². The van der Waals surface area contributed by atoms with Gasteiger partial charge < -0.3 is 35.6 Å². The van der Waals surface area contributed by atoms with Gasteiger partial charge in [-0.15, -0.1) is 0 Å². The van der Waals surface area contributed by atoms with Crippen LogP contribution in [0.4, 0.5) is 9.59 Å². The molecular weight excluding hydrogens is 522 g/mol. The minimum absolute atomic E-state index is 0.0923. The van der Waals surface area contributed by atoms with E-state index in [2.05, 4.69) is 22.9 Å². The molecule has 2 amide bonds. The van der Waals surface area contributed by atoms with E-state index in [9.17, 15) is 19.8 Å². The first kappa shape index (κ1) is 34.1. The van der Waals surface area contributed by atoms with Gasteiger partial charge in [0.05, 0.1) is 24.3 Å². The summed E-state index contributed by atoms with van der Waals surface area (Å²) in [5.41, 5.74) is 1.75. The Kier molecular flexibility index (Phi) is 13.1. The van der Waals surface area contributed by atoms with Crippen molar-refractivity contribution in [2.75, 3.05) is 13.1 Å². The molecule has 0 spiro atoms. The number of aliphatic hydroxyl groups excluding tert-OH is 2. The standard InChI is InChI=1S/C32H49N3O6/c1-8-23-16-12-13-17-24(23)19-26(35-30(39)41-32(5,6)7)28(37)21-33-20-27(36)25(18-22-14-10-9-11-15-22)34-29(38)40-31(2,3)4/h9-17,25-28,33,36-37H,8,18-21H2,1-7H3,(H,34,38)(H,35,39)/t25-,26-,27+,28+/m0/s1. The van der Waals surface area contributed by atoms with Gasteiger partial charge in [-0.25, -0.2) is 9.59 Å². The van der Waals surface area contributed by atoms with Gasteiger partial charge in [-0.1, -0.05) is 61.5 Å². The molecule has 2 aromatic rings. The Hall–Kier alpha value is -3.14. The van der Waals surface area contributed by atoms with E-state index >= 15 is 0 Å². The van der Waals surface area contributed by atoms with E-state index in [0.29, 0.717) is 12.8 Å². The number of hydrogen-bond donors (Lipinski definition) is 5. The average molecular weight is 572 g/mol. The molecule has 41 heavy (non-hydrogen) atoms. The number of aliphatic hydroxyl groups is 2. The second kappa shape index (κ2) is 15.7. The quantitative estimate of drug-likeness (QED) is 0.244. The average Bonchev–Trinajstić information content (AvgIpc) is 2.86. The number of rotatable bonds is 13. The highest BCUT2D eigenvalue weighted by molar-refractivity contribution is 5.68. The molecule has 0 aliphatic rings. The minimum atomic E-state index is -0.981. The van der Waals surface area contributed by atoms with Gasteiger partial charge in [0.1, 0.15) is 11.2 Å². The molecule has 2 rings (SSSR count).